The van der Waals surface area contributed by atoms with Crippen LogP contribution in [0.3, 0.4) is 0 Å². The maximum atomic E-state index is 10.5. The molecule has 0 amide bonds. The molecule has 0 aromatic heterocycles. The van der Waals surface area contributed by atoms with Crippen LogP contribution in [0.2, 0.25) is 0 Å². The molecule has 0 spiro atoms. The highest BCUT2D eigenvalue weighted by atomic mass is 16.7. The Balaban J connectivity index is 2.03. The average Bonchev–Trinajstić information content (AvgIpc) is 2.39. The van der Waals surface area contributed by atoms with E-state index in [0.29, 0.717) is 17.6 Å². The number of ether oxygens (including phenoxy) is 1. The van der Waals surface area contributed by atoms with Crippen molar-refractivity contribution >= 4 is 6.16 Å². The van der Waals surface area contributed by atoms with Crippen LogP contribution in [0.4, 0.5) is 4.79 Å². The minimum Gasteiger partial charge on any atom is -0.449 e. The molecule has 0 aliphatic heterocycles. The zero-order valence-corrected chi connectivity index (χ0v) is 12.5. The van der Waals surface area contributed by atoms with E-state index in [9.17, 15) is 4.79 Å². The highest BCUT2D eigenvalue weighted by molar-refractivity contribution is 5.61. The van der Waals surface area contributed by atoms with Crippen molar-refractivity contribution in [3.05, 3.63) is 29.8 Å². The molecule has 0 saturated heterocycles. The van der Waals surface area contributed by atoms with Gasteiger partial charge in [-0.1, -0.05) is 32.9 Å². The molecule has 20 heavy (non-hydrogen) atoms. The second-order valence-electron chi connectivity index (χ2n) is 6.34. The molecule has 1 aliphatic rings. The molecule has 110 valence electrons. The van der Waals surface area contributed by atoms with Gasteiger partial charge in [0, 0.05) is 0 Å². The normalized spacial score (nSPS) is 26.5. The fourth-order valence-corrected chi connectivity index (χ4v) is 3.42. The Morgan fingerprint density at radius 2 is 1.90 bits per heavy atom. The predicted molar refractivity (Wildman–Crippen MR) is 79.2 cm³/mol. The van der Waals surface area contributed by atoms with E-state index in [1.165, 1.54) is 24.8 Å². The second-order valence-corrected chi connectivity index (χ2v) is 6.34. The van der Waals surface area contributed by atoms with Crippen LogP contribution in [0.15, 0.2) is 24.3 Å². The van der Waals surface area contributed by atoms with E-state index in [2.05, 4.69) is 25.5 Å². The summed E-state index contributed by atoms with van der Waals surface area (Å²) in [6, 6.07) is 7.53. The van der Waals surface area contributed by atoms with Gasteiger partial charge in [0.2, 0.25) is 0 Å². The molecule has 3 heteroatoms. The number of hydrogen-bond acceptors (Lipinski definition) is 2. The third-order valence-corrected chi connectivity index (χ3v) is 4.67. The van der Waals surface area contributed by atoms with Crippen LogP contribution in [0.25, 0.3) is 0 Å². The molecular formula is C17H24O3. The molecular weight excluding hydrogens is 252 g/mol. The summed E-state index contributed by atoms with van der Waals surface area (Å²) in [4.78, 5) is 10.5. The molecule has 0 bridgehead atoms. The molecule has 1 aromatic rings. The Labute approximate surface area is 121 Å². The predicted octanol–water partition coefficient (Wildman–Crippen LogP) is 4.92. The Bertz CT molecular complexity index is 450. The number of benzene rings is 1. The lowest BCUT2D eigenvalue weighted by molar-refractivity contribution is 0.144. The van der Waals surface area contributed by atoms with E-state index in [-0.39, 0.29) is 0 Å². The zero-order valence-electron chi connectivity index (χ0n) is 12.5. The number of rotatable bonds is 3. The van der Waals surface area contributed by atoms with Crippen molar-refractivity contribution < 1.29 is 14.6 Å². The summed E-state index contributed by atoms with van der Waals surface area (Å²) in [6.45, 7) is 6.96. The zero-order chi connectivity index (χ0) is 14.7. The van der Waals surface area contributed by atoms with Gasteiger partial charge in [-0.05, 0) is 60.6 Å². The number of hydrogen-bond donors (Lipinski definition) is 1. The van der Waals surface area contributed by atoms with E-state index in [1.807, 2.05) is 12.1 Å². The summed E-state index contributed by atoms with van der Waals surface area (Å²) in [6.07, 6.45) is 2.54. The maximum absolute atomic E-state index is 10.5. The standard InChI is InChI=1S/C17H24O3/c1-11(2)14-6-9-16(12(3)10-14)13-4-7-15(8-5-13)20-17(18)19/h4-5,7-8,11-12,14,16H,6,9-10H2,1-3H3,(H,18,19). The van der Waals surface area contributed by atoms with Gasteiger partial charge in [-0.25, -0.2) is 4.79 Å². The SMILES string of the molecule is CC(C)C1CCC(c2ccc(OC(=O)O)cc2)C(C)C1. The van der Waals surface area contributed by atoms with Crippen molar-refractivity contribution in [3.63, 3.8) is 0 Å². The summed E-state index contributed by atoms with van der Waals surface area (Å²) in [5.41, 5.74) is 1.30. The summed E-state index contributed by atoms with van der Waals surface area (Å²) in [7, 11) is 0. The lowest BCUT2D eigenvalue weighted by Crippen LogP contribution is -2.24. The van der Waals surface area contributed by atoms with Gasteiger partial charge in [-0.2, -0.15) is 0 Å². The number of carbonyl (C=O) groups is 1. The Morgan fingerprint density at radius 3 is 2.40 bits per heavy atom. The van der Waals surface area contributed by atoms with Gasteiger partial charge >= 0.3 is 6.16 Å². The van der Waals surface area contributed by atoms with Crippen LogP contribution < -0.4 is 4.74 Å². The van der Waals surface area contributed by atoms with Gasteiger partial charge in [-0.15, -0.1) is 0 Å². The Morgan fingerprint density at radius 1 is 1.25 bits per heavy atom. The lowest BCUT2D eigenvalue weighted by Gasteiger charge is -2.36. The first-order chi connectivity index (χ1) is 9.47. The van der Waals surface area contributed by atoms with Gasteiger partial charge in [0.15, 0.2) is 0 Å². The molecule has 1 aliphatic carbocycles. The van der Waals surface area contributed by atoms with E-state index < -0.39 is 6.16 Å². The third kappa shape index (κ3) is 3.53. The minimum absolute atomic E-state index is 0.393. The van der Waals surface area contributed by atoms with Crippen molar-refractivity contribution in [2.45, 2.75) is 46.0 Å². The minimum atomic E-state index is -1.26. The Hall–Kier alpha value is -1.51. The van der Waals surface area contributed by atoms with E-state index in [0.717, 1.165) is 11.8 Å². The van der Waals surface area contributed by atoms with E-state index >= 15 is 0 Å². The molecule has 0 heterocycles. The second kappa shape index (κ2) is 6.29. The smallest absolute Gasteiger partial charge is 0.449 e. The molecule has 1 fully saturated rings. The fourth-order valence-electron chi connectivity index (χ4n) is 3.42. The molecule has 3 nitrogen and oxygen atoms in total. The molecule has 1 saturated carbocycles. The quantitative estimate of drug-likeness (QED) is 0.629. The van der Waals surface area contributed by atoms with Crippen LogP contribution >= 0.6 is 0 Å². The van der Waals surface area contributed by atoms with Gasteiger partial charge in [0.05, 0.1) is 0 Å². The van der Waals surface area contributed by atoms with Crippen molar-refractivity contribution in [2.24, 2.45) is 17.8 Å². The van der Waals surface area contributed by atoms with Crippen molar-refractivity contribution in [2.75, 3.05) is 0 Å². The van der Waals surface area contributed by atoms with Gasteiger partial charge in [-0.3, -0.25) is 0 Å². The summed E-state index contributed by atoms with van der Waals surface area (Å²) >= 11 is 0. The van der Waals surface area contributed by atoms with E-state index in [4.69, 9.17) is 5.11 Å². The molecule has 3 unspecified atom stereocenters. The summed E-state index contributed by atoms with van der Waals surface area (Å²) in [5.74, 6) is 3.27. The molecule has 1 N–H and O–H groups in total. The van der Waals surface area contributed by atoms with Crippen LogP contribution in [0.1, 0.15) is 51.5 Å². The van der Waals surface area contributed by atoms with E-state index in [1.54, 1.807) is 12.1 Å². The first kappa shape index (κ1) is 14.9. The largest absolute Gasteiger partial charge is 0.511 e. The van der Waals surface area contributed by atoms with Crippen LogP contribution in [0.5, 0.6) is 5.75 Å². The summed E-state index contributed by atoms with van der Waals surface area (Å²) in [5, 5.41) is 8.59. The Kier molecular flexibility index (Phi) is 4.69. The van der Waals surface area contributed by atoms with Crippen LogP contribution in [-0.4, -0.2) is 11.3 Å². The topological polar surface area (TPSA) is 46.5 Å². The van der Waals surface area contributed by atoms with Gasteiger partial charge in [0.25, 0.3) is 0 Å². The molecule has 2 rings (SSSR count). The first-order valence-electron chi connectivity index (χ1n) is 7.48. The van der Waals surface area contributed by atoms with Crippen molar-refractivity contribution in [3.8, 4) is 5.75 Å². The fraction of sp³-hybridized carbons (Fsp3) is 0.588. The maximum Gasteiger partial charge on any atom is 0.511 e. The first-order valence-corrected chi connectivity index (χ1v) is 7.48. The van der Waals surface area contributed by atoms with Gasteiger partial charge in [0.1, 0.15) is 5.75 Å². The molecule has 1 aromatic carbocycles. The van der Waals surface area contributed by atoms with Crippen LogP contribution in [-0.2, 0) is 0 Å². The van der Waals surface area contributed by atoms with Gasteiger partial charge < -0.3 is 9.84 Å². The monoisotopic (exact) mass is 276 g/mol. The van der Waals surface area contributed by atoms with Crippen LogP contribution in [0, 0.1) is 17.8 Å². The van der Waals surface area contributed by atoms with Crippen molar-refractivity contribution in [1.29, 1.82) is 0 Å². The third-order valence-electron chi connectivity index (χ3n) is 4.67. The van der Waals surface area contributed by atoms with Crippen molar-refractivity contribution in [1.82, 2.24) is 0 Å². The lowest BCUT2D eigenvalue weighted by atomic mass is 9.69. The molecule has 3 atom stereocenters. The summed E-state index contributed by atoms with van der Waals surface area (Å²) < 4.78 is 4.65. The average molecular weight is 276 g/mol. The highest BCUT2D eigenvalue weighted by Gasteiger charge is 2.29. The number of carboxylic acid groups (broad SMARTS) is 1. The highest BCUT2D eigenvalue weighted by Crippen LogP contribution is 2.42. The molecule has 0 radical (unpaired) electrons.